The molecule has 1 aromatic carbocycles. The normalized spacial score (nSPS) is 11.7. The third-order valence-electron chi connectivity index (χ3n) is 2.32. The van der Waals surface area contributed by atoms with Crippen LogP contribution >= 0.6 is 0 Å². The standard InChI is InChI=1S/C13H20OS/c1-13(2,3)11-5-7-12(8-6-11)15-10-9-14-4/h5-8H,9-10H2,1-4H3/p+1. The Bertz CT molecular complexity index is 284. The summed E-state index contributed by atoms with van der Waals surface area (Å²) in [4.78, 5) is 1.38. The molecule has 1 nitrogen and oxygen atoms in total. The van der Waals surface area contributed by atoms with E-state index in [-0.39, 0.29) is 5.41 Å². The fourth-order valence-electron chi connectivity index (χ4n) is 1.33. The second-order valence-corrected chi connectivity index (χ2v) is 5.95. The Morgan fingerprint density at radius 3 is 2.20 bits per heavy atom. The summed E-state index contributed by atoms with van der Waals surface area (Å²) >= 11 is 1.35. The largest absolute Gasteiger partial charge is 0.380 e. The molecular weight excluding hydrogens is 204 g/mol. The van der Waals surface area contributed by atoms with Gasteiger partial charge in [-0.2, -0.15) is 0 Å². The molecule has 0 saturated carbocycles. The van der Waals surface area contributed by atoms with Gasteiger partial charge < -0.3 is 4.74 Å². The summed E-state index contributed by atoms with van der Waals surface area (Å²) in [5.74, 6) is 1.07. The molecule has 15 heavy (non-hydrogen) atoms. The Labute approximate surface area is 97.2 Å². The molecule has 0 fully saturated rings. The van der Waals surface area contributed by atoms with E-state index in [1.807, 2.05) is 0 Å². The lowest BCUT2D eigenvalue weighted by atomic mass is 9.87. The highest BCUT2D eigenvalue weighted by Crippen LogP contribution is 2.22. The van der Waals surface area contributed by atoms with E-state index in [1.165, 1.54) is 22.2 Å². The summed E-state index contributed by atoms with van der Waals surface area (Å²) in [5.41, 5.74) is 1.65. The zero-order valence-corrected chi connectivity index (χ0v) is 11.0. The maximum Gasteiger partial charge on any atom is 0.152 e. The van der Waals surface area contributed by atoms with Crippen molar-refractivity contribution in [2.75, 3.05) is 19.5 Å². The number of hydrogen-bond donors (Lipinski definition) is 0. The molecule has 0 heterocycles. The SMILES string of the molecule is COCC[SH+]c1ccc(C(C)(C)C)cc1. The van der Waals surface area contributed by atoms with Crippen LogP contribution in [0.25, 0.3) is 0 Å². The van der Waals surface area contributed by atoms with E-state index in [0.717, 1.165) is 12.4 Å². The van der Waals surface area contributed by atoms with E-state index in [4.69, 9.17) is 4.74 Å². The fourth-order valence-corrected chi connectivity index (χ4v) is 2.22. The zero-order valence-electron chi connectivity index (χ0n) is 10.1. The van der Waals surface area contributed by atoms with Crippen molar-refractivity contribution in [1.29, 1.82) is 0 Å². The quantitative estimate of drug-likeness (QED) is 0.435. The van der Waals surface area contributed by atoms with Gasteiger partial charge in [-0.15, -0.1) is 0 Å². The van der Waals surface area contributed by atoms with E-state index >= 15 is 0 Å². The first-order valence-corrected chi connectivity index (χ1v) is 6.39. The topological polar surface area (TPSA) is 9.23 Å². The van der Waals surface area contributed by atoms with Gasteiger partial charge in [0.2, 0.25) is 0 Å². The fraction of sp³-hybridized carbons (Fsp3) is 0.538. The molecular formula is C13H21OS+. The third kappa shape index (κ3) is 4.27. The molecule has 0 unspecified atom stereocenters. The zero-order chi connectivity index (χ0) is 11.3. The van der Waals surface area contributed by atoms with Crippen LogP contribution in [0.3, 0.4) is 0 Å². The smallest absolute Gasteiger partial charge is 0.152 e. The Kier molecular flexibility index (Phi) is 4.68. The molecule has 1 rings (SSSR count). The molecule has 84 valence electrons. The molecule has 0 radical (unpaired) electrons. The molecule has 0 aliphatic rings. The molecule has 0 saturated heterocycles. The Morgan fingerprint density at radius 2 is 1.73 bits per heavy atom. The molecule has 1 aromatic rings. The first-order chi connectivity index (χ1) is 7.04. The van der Waals surface area contributed by atoms with Crippen molar-refractivity contribution in [1.82, 2.24) is 0 Å². The summed E-state index contributed by atoms with van der Waals surface area (Å²) in [5, 5.41) is 0. The van der Waals surface area contributed by atoms with Crippen LogP contribution in [-0.2, 0) is 21.9 Å². The first kappa shape index (κ1) is 12.6. The summed E-state index contributed by atoms with van der Waals surface area (Å²) in [7, 11) is 1.75. The molecule has 0 aliphatic carbocycles. The van der Waals surface area contributed by atoms with Crippen molar-refractivity contribution in [3.05, 3.63) is 29.8 Å². The molecule has 0 N–H and O–H groups in total. The second-order valence-electron chi connectivity index (χ2n) is 4.67. The van der Waals surface area contributed by atoms with Gasteiger partial charge in [0.25, 0.3) is 0 Å². The maximum absolute atomic E-state index is 5.03. The van der Waals surface area contributed by atoms with Crippen LogP contribution in [-0.4, -0.2) is 19.5 Å². The van der Waals surface area contributed by atoms with Gasteiger partial charge in [0.15, 0.2) is 4.90 Å². The van der Waals surface area contributed by atoms with Crippen LogP contribution < -0.4 is 0 Å². The van der Waals surface area contributed by atoms with Crippen LogP contribution in [0, 0.1) is 0 Å². The monoisotopic (exact) mass is 225 g/mol. The summed E-state index contributed by atoms with van der Waals surface area (Å²) in [6.45, 7) is 7.56. The highest BCUT2D eigenvalue weighted by molar-refractivity contribution is 7.78. The van der Waals surface area contributed by atoms with Crippen LogP contribution in [0.5, 0.6) is 0 Å². The first-order valence-electron chi connectivity index (χ1n) is 5.31. The molecule has 0 atom stereocenters. The van der Waals surface area contributed by atoms with Gasteiger partial charge in [-0.05, 0) is 23.1 Å². The van der Waals surface area contributed by atoms with E-state index in [2.05, 4.69) is 45.0 Å². The average Bonchev–Trinajstić information content (AvgIpc) is 2.18. The van der Waals surface area contributed by atoms with Crippen molar-refractivity contribution in [3.63, 3.8) is 0 Å². The highest BCUT2D eigenvalue weighted by Gasteiger charge is 2.13. The molecule has 2 heteroatoms. The number of thiol groups is 1. The van der Waals surface area contributed by atoms with Crippen molar-refractivity contribution < 1.29 is 4.74 Å². The Balaban J connectivity index is 2.57. The van der Waals surface area contributed by atoms with Gasteiger partial charge in [0, 0.05) is 18.9 Å². The third-order valence-corrected chi connectivity index (χ3v) is 3.39. The van der Waals surface area contributed by atoms with Gasteiger partial charge in [0.1, 0.15) is 5.75 Å². The minimum absolute atomic E-state index is 0.252. The minimum Gasteiger partial charge on any atom is -0.380 e. The highest BCUT2D eigenvalue weighted by atomic mass is 32.2. The lowest BCUT2D eigenvalue weighted by molar-refractivity contribution is 0.218. The van der Waals surface area contributed by atoms with E-state index in [0.29, 0.717) is 0 Å². The van der Waals surface area contributed by atoms with Crippen molar-refractivity contribution >= 4 is 11.8 Å². The van der Waals surface area contributed by atoms with Gasteiger partial charge in [-0.3, -0.25) is 0 Å². The maximum atomic E-state index is 5.03. The lowest BCUT2D eigenvalue weighted by Gasteiger charge is -2.18. The summed E-state index contributed by atoms with van der Waals surface area (Å²) in [6, 6.07) is 8.90. The van der Waals surface area contributed by atoms with E-state index in [1.54, 1.807) is 7.11 Å². The van der Waals surface area contributed by atoms with Crippen molar-refractivity contribution in [2.45, 2.75) is 31.1 Å². The van der Waals surface area contributed by atoms with Gasteiger partial charge in [-0.25, -0.2) is 0 Å². The minimum atomic E-state index is 0.252. The Hall–Kier alpha value is -0.470. The second kappa shape index (κ2) is 5.57. The predicted molar refractivity (Wildman–Crippen MR) is 68.9 cm³/mol. The lowest BCUT2D eigenvalue weighted by Crippen LogP contribution is -2.10. The van der Waals surface area contributed by atoms with Gasteiger partial charge in [0.05, 0.1) is 6.61 Å². The van der Waals surface area contributed by atoms with Crippen molar-refractivity contribution in [3.8, 4) is 0 Å². The summed E-state index contributed by atoms with van der Waals surface area (Å²) in [6.07, 6.45) is 0. The molecule has 0 spiro atoms. The number of ether oxygens (including phenoxy) is 1. The number of benzene rings is 1. The average molecular weight is 225 g/mol. The number of methoxy groups -OCH3 is 1. The number of hydrogen-bond acceptors (Lipinski definition) is 1. The van der Waals surface area contributed by atoms with Gasteiger partial charge >= 0.3 is 0 Å². The van der Waals surface area contributed by atoms with E-state index in [9.17, 15) is 0 Å². The summed E-state index contributed by atoms with van der Waals surface area (Å²) < 4.78 is 5.03. The molecule has 0 aromatic heterocycles. The van der Waals surface area contributed by atoms with Crippen molar-refractivity contribution in [2.24, 2.45) is 0 Å². The van der Waals surface area contributed by atoms with Crippen LogP contribution in [0.15, 0.2) is 29.2 Å². The predicted octanol–water partition coefficient (Wildman–Crippen LogP) is 2.80. The van der Waals surface area contributed by atoms with Gasteiger partial charge in [-0.1, -0.05) is 32.9 Å². The van der Waals surface area contributed by atoms with Crippen LogP contribution in [0.2, 0.25) is 0 Å². The van der Waals surface area contributed by atoms with E-state index < -0.39 is 0 Å². The van der Waals surface area contributed by atoms with Crippen LogP contribution in [0.1, 0.15) is 26.3 Å². The molecule has 0 amide bonds. The molecule has 0 aliphatic heterocycles. The number of rotatable bonds is 4. The molecule has 0 bridgehead atoms. The van der Waals surface area contributed by atoms with Crippen LogP contribution in [0.4, 0.5) is 0 Å². The Morgan fingerprint density at radius 1 is 1.13 bits per heavy atom.